The van der Waals surface area contributed by atoms with Crippen molar-refractivity contribution in [2.45, 2.75) is 39.7 Å². The van der Waals surface area contributed by atoms with Crippen molar-refractivity contribution in [3.05, 3.63) is 0 Å². The fourth-order valence-corrected chi connectivity index (χ4v) is 2.87. The van der Waals surface area contributed by atoms with Crippen LogP contribution in [0.3, 0.4) is 0 Å². The molecule has 0 radical (unpaired) electrons. The second-order valence-electron chi connectivity index (χ2n) is 4.83. The van der Waals surface area contributed by atoms with Crippen molar-refractivity contribution >= 4 is 0 Å². The van der Waals surface area contributed by atoms with E-state index in [1.165, 1.54) is 25.9 Å². The van der Waals surface area contributed by atoms with Crippen molar-refractivity contribution < 1.29 is 0 Å². The highest BCUT2D eigenvalue weighted by molar-refractivity contribution is 5.05. The topological polar surface area (TPSA) is 3.24 Å². The van der Waals surface area contributed by atoms with Crippen LogP contribution in [0, 0.1) is 17.8 Å². The van der Waals surface area contributed by atoms with Crippen molar-refractivity contribution in [2.24, 2.45) is 17.8 Å². The van der Waals surface area contributed by atoms with Gasteiger partial charge in [-0.25, -0.2) is 0 Å². The molecule has 1 aliphatic carbocycles. The molecule has 2 atom stereocenters. The highest BCUT2D eigenvalue weighted by Gasteiger charge is 2.54. The van der Waals surface area contributed by atoms with Crippen LogP contribution in [0.25, 0.3) is 0 Å². The van der Waals surface area contributed by atoms with Crippen LogP contribution >= 0.6 is 0 Å². The van der Waals surface area contributed by atoms with Crippen molar-refractivity contribution in [1.29, 1.82) is 0 Å². The Morgan fingerprint density at radius 3 is 2.25 bits per heavy atom. The van der Waals surface area contributed by atoms with Gasteiger partial charge < -0.3 is 4.90 Å². The summed E-state index contributed by atoms with van der Waals surface area (Å²) < 4.78 is 0. The van der Waals surface area contributed by atoms with E-state index in [9.17, 15) is 0 Å². The summed E-state index contributed by atoms with van der Waals surface area (Å²) in [6, 6.07) is 0.778. The molecule has 2 fully saturated rings. The highest BCUT2D eigenvalue weighted by Crippen LogP contribution is 2.54. The van der Waals surface area contributed by atoms with Gasteiger partial charge in [0.15, 0.2) is 0 Å². The zero-order valence-electron chi connectivity index (χ0n) is 8.59. The Balaban J connectivity index is 1.78. The molecule has 0 amide bonds. The monoisotopic (exact) mass is 167 g/mol. The SMILES string of the molecule is CCCC1C2CN(C(C)C)CC12. The van der Waals surface area contributed by atoms with Crippen LogP contribution in [-0.4, -0.2) is 24.0 Å². The van der Waals surface area contributed by atoms with E-state index in [1.807, 2.05) is 0 Å². The van der Waals surface area contributed by atoms with E-state index in [4.69, 9.17) is 0 Å². The second kappa shape index (κ2) is 3.02. The summed E-state index contributed by atoms with van der Waals surface area (Å²) in [5.74, 6) is 3.30. The predicted octanol–water partition coefficient (Wildman–Crippen LogP) is 2.37. The molecule has 2 aliphatic rings. The zero-order chi connectivity index (χ0) is 8.72. The third-order valence-electron chi connectivity index (χ3n) is 3.75. The normalized spacial score (nSPS) is 40.5. The minimum absolute atomic E-state index is 0.778. The Morgan fingerprint density at radius 1 is 1.25 bits per heavy atom. The Bertz CT molecular complexity index is 152. The Kier molecular flexibility index (Phi) is 2.16. The summed E-state index contributed by atoms with van der Waals surface area (Å²) in [4.78, 5) is 2.64. The van der Waals surface area contributed by atoms with Gasteiger partial charge in [-0.1, -0.05) is 19.8 Å². The lowest BCUT2D eigenvalue weighted by atomic mass is 10.1. The number of piperidine rings is 1. The molecule has 1 saturated carbocycles. The first-order valence-corrected chi connectivity index (χ1v) is 5.48. The van der Waals surface area contributed by atoms with Crippen LogP contribution in [0.15, 0.2) is 0 Å². The van der Waals surface area contributed by atoms with Crippen LogP contribution in [-0.2, 0) is 0 Å². The predicted molar refractivity (Wildman–Crippen MR) is 52.1 cm³/mol. The molecule has 0 aromatic carbocycles. The maximum Gasteiger partial charge on any atom is 0.00388 e. The fourth-order valence-electron chi connectivity index (χ4n) is 2.87. The van der Waals surface area contributed by atoms with E-state index >= 15 is 0 Å². The summed E-state index contributed by atoms with van der Waals surface area (Å²) in [6.45, 7) is 9.74. The van der Waals surface area contributed by atoms with Gasteiger partial charge in [-0.3, -0.25) is 0 Å². The first-order valence-electron chi connectivity index (χ1n) is 5.48. The molecule has 0 aromatic rings. The van der Waals surface area contributed by atoms with Gasteiger partial charge in [-0.2, -0.15) is 0 Å². The molecular weight excluding hydrogens is 146 g/mol. The Labute approximate surface area is 76.1 Å². The van der Waals surface area contributed by atoms with Crippen LogP contribution in [0.1, 0.15) is 33.6 Å². The molecule has 0 N–H and O–H groups in total. The van der Waals surface area contributed by atoms with Gasteiger partial charge in [0.25, 0.3) is 0 Å². The van der Waals surface area contributed by atoms with Gasteiger partial charge in [0.2, 0.25) is 0 Å². The maximum absolute atomic E-state index is 2.64. The maximum atomic E-state index is 2.64. The van der Waals surface area contributed by atoms with Crippen molar-refractivity contribution in [3.8, 4) is 0 Å². The molecule has 1 aliphatic heterocycles. The van der Waals surface area contributed by atoms with E-state index in [2.05, 4.69) is 25.7 Å². The highest BCUT2D eigenvalue weighted by atomic mass is 15.2. The van der Waals surface area contributed by atoms with Gasteiger partial charge in [0, 0.05) is 19.1 Å². The van der Waals surface area contributed by atoms with Gasteiger partial charge in [0.05, 0.1) is 0 Å². The first kappa shape index (κ1) is 8.55. The molecule has 1 heterocycles. The van der Waals surface area contributed by atoms with Gasteiger partial charge >= 0.3 is 0 Å². The molecule has 0 bridgehead atoms. The van der Waals surface area contributed by atoms with E-state index in [-0.39, 0.29) is 0 Å². The number of rotatable bonds is 3. The second-order valence-corrected chi connectivity index (χ2v) is 4.83. The van der Waals surface area contributed by atoms with Crippen LogP contribution in [0.4, 0.5) is 0 Å². The molecule has 70 valence electrons. The first-order chi connectivity index (χ1) is 5.74. The quantitative estimate of drug-likeness (QED) is 0.624. The summed E-state index contributed by atoms with van der Waals surface area (Å²) in [7, 11) is 0. The molecule has 0 spiro atoms. The third kappa shape index (κ3) is 1.28. The molecule has 2 unspecified atom stereocenters. The molecule has 1 heteroatoms. The van der Waals surface area contributed by atoms with Crippen molar-refractivity contribution in [3.63, 3.8) is 0 Å². The molecule has 12 heavy (non-hydrogen) atoms. The molecule has 1 nitrogen and oxygen atoms in total. The van der Waals surface area contributed by atoms with Crippen LogP contribution in [0.5, 0.6) is 0 Å². The van der Waals surface area contributed by atoms with Gasteiger partial charge in [-0.05, 0) is 31.6 Å². The van der Waals surface area contributed by atoms with Gasteiger partial charge in [0.1, 0.15) is 0 Å². The van der Waals surface area contributed by atoms with E-state index in [0.717, 1.165) is 23.8 Å². The molecule has 2 rings (SSSR count). The minimum atomic E-state index is 0.778. The van der Waals surface area contributed by atoms with E-state index in [1.54, 1.807) is 0 Å². The standard InChI is InChI=1S/C11H21N/c1-4-5-9-10-6-12(8(2)3)7-11(9)10/h8-11H,4-7H2,1-3H3. The summed E-state index contributed by atoms with van der Waals surface area (Å²) in [5.41, 5.74) is 0. The number of fused-ring (bicyclic) bond motifs is 1. The molecular formula is C11H21N. The van der Waals surface area contributed by atoms with E-state index in [0.29, 0.717) is 0 Å². The van der Waals surface area contributed by atoms with Gasteiger partial charge in [-0.15, -0.1) is 0 Å². The third-order valence-corrected chi connectivity index (χ3v) is 3.75. The lowest BCUT2D eigenvalue weighted by Gasteiger charge is -2.23. The largest absolute Gasteiger partial charge is 0.300 e. The number of hydrogen-bond donors (Lipinski definition) is 0. The van der Waals surface area contributed by atoms with Crippen LogP contribution in [0.2, 0.25) is 0 Å². The van der Waals surface area contributed by atoms with E-state index < -0.39 is 0 Å². The average molecular weight is 167 g/mol. The number of hydrogen-bond acceptors (Lipinski definition) is 1. The Morgan fingerprint density at radius 2 is 1.83 bits per heavy atom. The number of likely N-dealkylation sites (tertiary alicyclic amines) is 1. The minimum Gasteiger partial charge on any atom is -0.300 e. The summed E-state index contributed by atoms with van der Waals surface area (Å²) in [6.07, 6.45) is 2.88. The lowest BCUT2D eigenvalue weighted by molar-refractivity contribution is 0.231. The summed E-state index contributed by atoms with van der Waals surface area (Å²) >= 11 is 0. The summed E-state index contributed by atoms with van der Waals surface area (Å²) in [5, 5.41) is 0. The fraction of sp³-hybridized carbons (Fsp3) is 1.00. The van der Waals surface area contributed by atoms with Crippen LogP contribution < -0.4 is 0 Å². The smallest absolute Gasteiger partial charge is 0.00388 e. The van der Waals surface area contributed by atoms with Crippen molar-refractivity contribution in [2.75, 3.05) is 13.1 Å². The molecule has 1 saturated heterocycles. The average Bonchev–Trinajstić information content (AvgIpc) is 2.51. The zero-order valence-corrected chi connectivity index (χ0v) is 8.59. The molecule has 0 aromatic heterocycles. The Hall–Kier alpha value is -0.0400. The number of nitrogens with zero attached hydrogens (tertiary/aromatic N) is 1. The van der Waals surface area contributed by atoms with Crippen molar-refractivity contribution in [1.82, 2.24) is 4.90 Å². The lowest BCUT2D eigenvalue weighted by Crippen LogP contribution is -2.31.